The number of rotatable bonds is 9. The summed E-state index contributed by atoms with van der Waals surface area (Å²) >= 11 is 0. The van der Waals surface area contributed by atoms with Gasteiger partial charge in [0.25, 0.3) is 5.91 Å². The molecule has 4 aromatic rings. The van der Waals surface area contributed by atoms with Crippen molar-refractivity contribution in [2.45, 2.75) is 13.0 Å². The maximum absolute atomic E-state index is 12.9. The predicted octanol–water partition coefficient (Wildman–Crippen LogP) is 4.43. The molecule has 2 N–H and O–H groups in total. The molecule has 0 bridgehead atoms. The van der Waals surface area contributed by atoms with Gasteiger partial charge in [0.2, 0.25) is 0 Å². The minimum Gasteiger partial charge on any atom is -0.495 e. The highest BCUT2D eigenvalue weighted by molar-refractivity contribution is 6.06. The van der Waals surface area contributed by atoms with Crippen molar-refractivity contribution in [2.24, 2.45) is 0 Å². The largest absolute Gasteiger partial charge is 0.495 e. The Kier molecular flexibility index (Phi) is 6.67. The highest BCUT2D eigenvalue weighted by Gasteiger charge is 2.18. The van der Waals surface area contributed by atoms with Gasteiger partial charge < -0.3 is 24.5 Å². The highest BCUT2D eigenvalue weighted by atomic mass is 16.5. The average molecular weight is 431 g/mol. The summed E-state index contributed by atoms with van der Waals surface area (Å²) in [6, 6.07) is 18.7. The van der Waals surface area contributed by atoms with Crippen LogP contribution in [0.3, 0.4) is 0 Å². The number of carbonyl (C=O) groups excluding carboxylic acids is 1. The minimum absolute atomic E-state index is 0.199. The van der Waals surface area contributed by atoms with Crippen LogP contribution in [-0.4, -0.2) is 31.7 Å². The van der Waals surface area contributed by atoms with Crippen molar-refractivity contribution in [3.63, 3.8) is 0 Å². The van der Waals surface area contributed by atoms with E-state index < -0.39 is 0 Å². The second kappa shape index (κ2) is 9.98. The summed E-state index contributed by atoms with van der Waals surface area (Å²) in [4.78, 5) is 17.2. The number of ether oxygens (including phenoxy) is 2. The monoisotopic (exact) mass is 431 g/mol. The molecule has 0 aliphatic carbocycles. The molecule has 0 saturated heterocycles. The lowest BCUT2D eigenvalue weighted by Gasteiger charge is -2.08. The number of fused-ring (bicyclic) bond motifs is 1. The number of pyridine rings is 1. The normalized spacial score (nSPS) is 10.8. The van der Waals surface area contributed by atoms with E-state index in [1.165, 1.54) is 0 Å². The zero-order valence-corrected chi connectivity index (χ0v) is 18.1. The van der Waals surface area contributed by atoms with Crippen molar-refractivity contribution in [1.29, 1.82) is 0 Å². The zero-order chi connectivity index (χ0) is 22.3. The van der Waals surface area contributed by atoms with E-state index in [2.05, 4.69) is 15.6 Å². The van der Waals surface area contributed by atoms with Crippen molar-refractivity contribution >= 4 is 22.6 Å². The fourth-order valence-corrected chi connectivity index (χ4v) is 3.50. The Hall–Kier alpha value is -3.84. The van der Waals surface area contributed by atoms with E-state index in [0.29, 0.717) is 29.3 Å². The maximum Gasteiger partial charge on any atom is 0.291 e. The van der Waals surface area contributed by atoms with Crippen LogP contribution < -0.4 is 20.1 Å². The number of amides is 1. The van der Waals surface area contributed by atoms with Crippen molar-refractivity contribution in [3.8, 4) is 11.5 Å². The van der Waals surface area contributed by atoms with Crippen LogP contribution in [0.5, 0.6) is 11.5 Å². The molecule has 0 atom stereocenters. The number of nitrogens with zero attached hydrogens (tertiary/aromatic N) is 1. The lowest BCUT2D eigenvalue weighted by molar-refractivity contribution is 0.0998. The van der Waals surface area contributed by atoms with Crippen molar-refractivity contribution in [2.75, 3.05) is 26.1 Å². The van der Waals surface area contributed by atoms with E-state index in [1.807, 2.05) is 42.5 Å². The number of benzene rings is 2. The molecular formula is C25H25N3O4. The molecule has 7 nitrogen and oxygen atoms in total. The molecule has 0 unspecified atom stereocenters. The number of hydrogen-bond acceptors (Lipinski definition) is 6. The number of nitrogens with one attached hydrogen (secondary N) is 2. The third-order valence-electron chi connectivity index (χ3n) is 5.14. The van der Waals surface area contributed by atoms with Gasteiger partial charge in [-0.15, -0.1) is 0 Å². The summed E-state index contributed by atoms with van der Waals surface area (Å²) in [6.07, 6.45) is 2.63. The van der Waals surface area contributed by atoms with Gasteiger partial charge >= 0.3 is 0 Å². The third kappa shape index (κ3) is 4.73. The summed E-state index contributed by atoms with van der Waals surface area (Å²) in [7, 11) is 3.14. The molecule has 2 aromatic heterocycles. The first-order chi connectivity index (χ1) is 15.7. The number of para-hydroxylation sites is 2. The highest BCUT2D eigenvalue weighted by Crippen LogP contribution is 2.32. The fourth-order valence-electron chi connectivity index (χ4n) is 3.50. The van der Waals surface area contributed by atoms with E-state index >= 15 is 0 Å². The quantitative estimate of drug-likeness (QED) is 0.381. The van der Waals surface area contributed by atoms with Crippen LogP contribution in [0.4, 0.5) is 5.69 Å². The van der Waals surface area contributed by atoms with Crippen molar-refractivity contribution < 1.29 is 18.7 Å². The third-order valence-corrected chi connectivity index (χ3v) is 5.14. The van der Waals surface area contributed by atoms with Crippen LogP contribution >= 0.6 is 0 Å². The lowest BCUT2D eigenvalue weighted by Crippen LogP contribution is -2.17. The molecule has 32 heavy (non-hydrogen) atoms. The Morgan fingerprint density at radius 2 is 1.81 bits per heavy atom. The number of carbonyl (C=O) groups is 1. The minimum atomic E-state index is -0.359. The molecule has 7 heteroatoms. The number of aromatic nitrogens is 1. The molecule has 0 aliphatic heterocycles. The number of methoxy groups -OCH3 is 2. The summed E-state index contributed by atoms with van der Waals surface area (Å²) in [5.74, 6) is 0.993. The molecule has 4 rings (SSSR count). The molecule has 0 radical (unpaired) electrons. The molecule has 0 spiro atoms. The van der Waals surface area contributed by atoms with Gasteiger partial charge in [-0.3, -0.25) is 9.78 Å². The second-order valence-corrected chi connectivity index (χ2v) is 7.18. The first-order valence-corrected chi connectivity index (χ1v) is 10.3. The molecular weight excluding hydrogens is 406 g/mol. The molecule has 2 heterocycles. The van der Waals surface area contributed by atoms with Crippen LogP contribution in [-0.2, 0) is 13.0 Å². The average Bonchev–Trinajstić information content (AvgIpc) is 3.29. The van der Waals surface area contributed by atoms with Crippen molar-refractivity contribution in [3.05, 3.63) is 83.9 Å². The Morgan fingerprint density at radius 1 is 1.00 bits per heavy atom. The second-order valence-electron chi connectivity index (χ2n) is 7.18. The van der Waals surface area contributed by atoms with Gasteiger partial charge in [-0.05, 0) is 42.0 Å². The van der Waals surface area contributed by atoms with Gasteiger partial charge in [-0.25, -0.2) is 0 Å². The van der Waals surface area contributed by atoms with Crippen LogP contribution in [0.25, 0.3) is 11.0 Å². The summed E-state index contributed by atoms with van der Waals surface area (Å²) in [5, 5.41) is 7.11. The van der Waals surface area contributed by atoms with Gasteiger partial charge in [0.15, 0.2) is 17.1 Å². The van der Waals surface area contributed by atoms with Gasteiger partial charge in [0, 0.05) is 36.8 Å². The van der Waals surface area contributed by atoms with E-state index in [4.69, 9.17) is 13.9 Å². The van der Waals surface area contributed by atoms with E-state index in [-0.39, 0.29) is 11.7 Å². The van der Waals surface area contributed by atoms with E-state index in [9.17, 15) is 4.79 Å². The van der Waals surface area contributed by atoms with Crippen molar-refractivity contribution in [1.82, 2.24) is 10.3 Å². The van der Waals surface area contributed by atoms with Gasteiger partial charge in [-0.2, -0.15) is 0 Å². The molecule has 2 aromatic carbocycles. The molecule has 0 saturated carbocycles. The lowest BCUT2D eigenvalue weighted by atomic mass is 10.1. The standard InChI is InChI=1S/C25H25N3O4/c1-30-21-9-4-3-8-20(21)28-25(29)23-15-19-17(10-11-22(31-2)24(19)32-23)16-26-14-12-18-7-5-6-13-27-18/h3-11,13,15,26H,12,14,16H2,1-2H3,(H,28,29). The van der Waals surface area contributed by atoms with Crippen LogP contribution in [0.15, 0.2) is 71.3 Å². The fraction of sp³-hybridized carbons (Fsp3) is 0.200. The Labute approximate surface area is 186 Å². The topological polar surface area (TPSA) is 85.6 Å². The summed E-state index contributed by atoms with van der Waals surface area (Å²) in [6.45, 7) is 1.41. The maximum atomic E-state index is 12.9. The summed E-state index contributed by atoms with van der Waals surface area (Å²) in [5.41, 5.74) is 3.17. The first-order valence-electron chi connectivity index (χ1n) is 10.3. The number of hydrogen-bond donors (Lipinski definition) is 2. The number of anilines is 1. The predicted molar refractivity (Wildman–Crippen MR) is 123 cm³/mol. The zero-order valence-electron chi connectivity index (χ0n) is 18.1. The van der Waals surface area contributed by atoms with Gasteiger partial charge in [0.05, 0.1) is 19.9 Å². The number of furan rings is 1. The van der Waals surface area contributed by atoms with E-state index in [0.717, 1.165) is 29.6 Å². The smallest absolute Gasteiger partial charge is 0.291 e. The van der Waals surface area contributed by atoms with Crippen LogP contribution in [0, 0.1) is 0 Å². The van der Waals surface area contributed by atoms with E-state index in [1.54, 1.807) is 38.6 Å². The van der Waals surface area contributed by atoms with Gasteiger partial charge in [0.1, 0.15) is 5.75 Å². The molecule has 0 fully saturated rings. The summed E-state index contributed by atoms with van der Waals surface area (Å²) < 4.78 is 16.6. The Balaban J connectivity index is 1.51. The SMILES string of the molecule is COc1ccccc1NC(=O)c1cc2c(CNCCc3ccccn3)ccc(OC)c2o1. The molecule has 0 aliphatic rings. The first kappa shape index (κ1) is 21.4. The molecule has 164 valence electrons. The van der Waals surface area contributed by atoms with Crippen LogP contribution in [0.2, 0.25) is 0 Å². The molecule has 1 amide bonds. The Morgan fingerprint density at radius 3 is 2.59 bits per heavy atom. The Bertz CT molecular complexity index is 1200. The van der Waals surface area contributed by atoms with Gasteiger partial charge in [-0.1, -0.05) is 24.3 Å². The van der Waals surface area contributed by atoms with Crippen LogP contribution in [0.1, 0.15) is 21.8 Å².